The summed E-state index contributed by atoms with van der Waals surface area (Å²) in [6.07, 6.45) is 0. The second-order valence-corrected chi connectivity index (χ2v) is 7.25. The molecule has 1 saturated heterocycles. The summed E-state index contributed by atoms with van der Waals surface area (Å²) in [6, 6.07) is 11.8. The molecule has 0 radical (unpaired) electrons. The number of methoxy groups -OCH3 is 1. The lowest BCUT2D eigenvalue weighted by Gasteiger charge is -2.34. The van der Waals surface area contributed by atoms with Crippen molar-refractivity contribution in [2.45, 2.75) is 0 Å². The first-order valence-corrected chi connectivity index (χ1v) is 9.45. The van der Waals surface area contributed by atoms with E-state index in [2.05, 4.69) is 15.2 Å². The zero-order valence-electron chi connectivity index (χ0n) is 14.8. The van der Waals surface area contributed by atoms with Crippen molar-refractivity contribution in [2.75, 3.05) is 43.5 Å². The van der Waals surface area contributed by atoms with Gasteiger partial charge in [0.05, 0.1) is 17.3 Å². The van der Waals surface area contributed by atoms with Gasteiger partial charge < -0.3 is 19.9 Å². The Balaban J connectivity index is 1.36. The van der Waals surface area contributed by atoms with Gasteiger partial charge in [0.25, 0.3) is 0 Å². The number of benzene rings is 2. The van der Waals surface area contributed by atoms with E-state index in [0.29, 0.717) is 26.2 Å². The van der Waals surface area contributed by atoms with Gasteiger partial charge in [0, 0.05) is 31.9 Å². The van der Waals surface area contributed by atoms with Crippen LogP contribution in [0, 0.1) is 5.82 Å². The van der Waals surface area contributed by atoms with Gasteiger partial charge in [-0.3, -0.25) is 0 Å². The molecule has 3 aromatic rings. The lowest BCUT2D eigenvalue weighted by molar-refractivity contribution is 0.208. The van der Waals surface area contributed by atoms with Crippen molar-refractivity contribution < 1.29 is 13.9 Å². The van der Waals surface area contributed by atoms with Crippen molar-refractivity contribution in [1.29, 1.82) is 0 Å². The van der Waals surface area contributed by atoms with Crippen LogP contribution in [0.5, 0.6) is 5.75 Å². The van der Waals surface area contributed by atoms with Crippen molar-refractivity contribution in [2.24, 2.45) is 0 Å². The number of hydrogen-bond donors (Lipinski definition) is 1. The lowest BCUT2D eigenvalue weighted by atomic mass is 10.3. The zero-order valence-corrected chi connectivity index (χ0v) is 15.6. The average molecular weight is 386 g/mol. The number of rotatable bonds is 3. The Bertz CT molecular complexity index is 952. The highest BCUT2D eigenvalue weighted by molar-refractivity contribution is 7.22. The maximum Gasteiger partial charge on any atom is 0.321 e. The maximum absolute atomic E-state index is 13.4. The molecule has 2 heterocycles. The van der Waals surface area contributed by atoms with Crippen LogP contribution in [0.4, 0.5) is 20.0 Å². The summed E-state index contributed by atoms with van der Waals surface area (Å²) >= 11 is 1.48. The quantitative estimate of drug-likeness (QED) is 0.744. The topological polar surface area (TPSA) is 57.7 Å². The van der Waals surface area contributed by atoms with Gasteiger partial charge in [-0.05, 0) is 42.5 Å². The summed E-state index contributed by atoms with van der Waals surface area (Å²) in [5.74, 6) is 0.495. The second kappa shape index (κ2) is 7.40. The molecule has 0 aliphatic carbocycles. The van der Waals surface area contributed by atoms with Crippen LogP contribution in [0.25, 0.3) is 10.2 Å². The molecule has 6 nitrogen and oxygen atoms in total. The Morgan fingerprint density at radius 2 is 1.89 bits per heavy atom. The van der Waals surface area contributed by atoms with Gasteiger partial charge in [0.1, 0.15) is 11.6 Å². The van der Waals surface area contributed by atoms with Gasteiger partial charge in [-0.2, -0.15) is 0 Å². The number of aromatic nitrogens is 1. The number of nitrogens with zero attached hydrogens (tertiary/aromatic N) is 3. The summed E-state index contributed by atoms with van der Waals surface area (Å²) in [4.78, 5) is 21.0. The number of fused-ring (bicyclic) bond motifs is 1. The number of amides is 2. The monoisotopic (exact) mass is 386 g/mol. The van der Waals surface area contributed by atoms with Gasteiger partial charge in [-0.15, -0.1) is 0 Å². The molecule has 8 heteroatoms. The highest BCUT2D eigenvalue weighted by Crippen LogP contribution is 2.30. The van der Waals surface area contributed by atoms with E-state index in [0.717, 1.165) is 26.8 Å². The van der Waals surface area contributed by atoms with Crippen molar-refractivity contribution in [3.8, 4) is 5.75 Å². The fourth-order valence-electron chi connectivity index (χ4n) is 3.00. The summed E-state index contributed by atoms with van der Waals surface area (Å²) in [6.45, 7) is 2.59. The van der Waals surface area contributed by atoms with Crippen molar-refractivity contribution in [1.82, 2.24) is 9.88 Å². The summed E-state index contributed by atoms with van der Waals surface area (Å²) in [5, 5.41) is 3.77. The van der Waals surface area contributed by atoms with Gasteiger partial charge >= 0.3 is 6.03 Å². The van der Waals surface area contributed by atoms with E-state index >= 15 is 0 Å². The Hall–Kier alpha value is -2.87. The minimum atomic E-state index is -0.252. The fourth-order valence-corrected chi connectivity index (χ4v) is 4.04. The highest BCUT2D eigenvalue weighted by atomic mass is 32.1. The van der Waals surface area contributed by atoms with E-state index in [1.165, 1.54) is 23.5 Å². The minimum absolute atomic E-state index is 0.119. The average Bonchev–Trinajstić information content (AvgIpc) is 3.12. The van der Waals surface area contributed by atoms with Crippen LogP contribution in [-0.2, 0) is 0 Å². The molecular weight excluding hydrogens is 367 g/mol. The molecule has 0 atom stereocenters. The molecule has 1 aromatic heterocycles. The molecule has 2 aromatic carbocycles. The number of ether oxygens (including phenoxy) is 1. The third kappa shape index (κ3) is 3.80. The zero-order chi connectivity index (χ0) is 18.8. The molecule has 0 unspecified atom stereocenters. The number of carbonyl (C=O) groups excluding carboxylic acids is 1. The van der Waals surface area contributed by atoms with Gasteiger partial charge in [0.15, 0.2) is 5.13 Å². The standard InChI is InChI=1S/C19H19FN4O2S/c1-26-15-5-3-14(4-6-15)21-18(25)23-8-10-24(11-9-23)19-22-16-7-2-13(20)12-17(16)27-19/h2-7,12H,8-11H2,1H3,(H,21,25). The van der Waals surface area contributed by atoms with Crippen LogP contribution in [0.15, 0.2) is 42.5 Å². The largest absolute Gasteiger partial charge is 0.497 e. The van der Waals surface area contributed by atoms with Crippen molar-refractivity contribution in [3.63, 3.8) is 0 Å². The first-order chi connectivity index (χ1) is 13.1. The number of urea groups is 1. The van der Waals surface area contributed by atoms with Crippen molar-refractivity contribution >= 4 is 38.4 Å². The molecule has 0 saturated carbocycles. The Morgan fingerprint density at radius 1 is 1.15 bits per heavy atom. The molecule has 140 valence electrons. The Labute approximate surface area is 160 Å². The van der Waals surface area contributed by atoms with Crippen LogP contribution in [0.2, 0.25) is 0 Å². The van der Waals surface area contributed by atoms with Crippen LogP contribution in [0.3, 0.4) is 0 Å². The molecule has 2 amide bonds. The molecule has 1 fully saturated rings. The second-order valence-electron chi connectivity index (χ2n) is 6.24. The fraction of sp³-hybridized carbons (Fsp3) is 0.263. The number of piperazine rings is 1. The van der Waals surface area contributed by atoms with Gasteiger partial charge in [0.2, 0.25) is 0 Å². The minimum Gasteiger partial charge on any atom is -0.497 e. The molecule has 0 bridgehead atoms. The molecule has 27 heavy (non-hydrogen) atoms. The Kier molecular flexibility index (Phi) is 4.81. The van der Waals surface area contributed by atoms with Crippen molar-refractivity contribution in [3.05, 3.63) is 48.3 Å². The predicted octanol–water partition coefficient (Wildman–Crippen LogP) is 3.80. The molecule has 0 spiro atoms. The number of carbonyl (C=O) groups is 1. The third-order valence-electron chi connectivity index (χ3n) is 4.52. The molecule has 1 aliphatic rings. The smallest absolute Gasteiger partial charge is 0.321 e. The number of halogens is 1. The molecule has 4 rings (SSSR count). The number of nitrogens with one attached hydrogen (secondary N) is 1. The van der Waals surface area contributed by atoms with E-state index in [-0.39, 0.29) is 11.8 Å². The SMILES string of the molecule is COc1ccc(NC(=O)N2CCN(c3nc4ccc(F)cc4s3)CC2)cc1. The number of thiazole rings is 1. The summed E-state index contributed by atoms with van der Waals surface area (Å²) in [7, 11) is 1.61. The van der Waals surface area contributed by atoms with Crippen LogP contribution in [-0.4, -0.2) is 49.2 Å². The van der Waals surface area contributed by atoms with E-state index in [9.17, 15) is 9.18 Å². The van der Waals surface area contributed by atoms with E-state index in [4.69, 9.17) is 4.74 Å². The van der Waals surface area contributed by atoms with Crippen LogP contribution < -0.4 is 15.0 Å². The number of anilines is 2. The van der Waals surface area contributed by atoms with Crippen LogP contribution >= 0.6 is 11.3 Å². The van der Waals surface area contributed by atoms with Gasteiger partial charge in [-0.25, -0.2) is 14.2 Å². The highest BCUT2D eigenvalue weighted by Gasteiger charge is 2.23. The third-order valence-corrected chi connectivity index (χ3v) is 5.60. The lowest BCUT2D eigenvalue weighted by Crippen LogP contribution is -2.50. The summed E-state index contributed by atoms with van der Waals surface area (Å²) in [5.41, 5.74) is 1.53. The molecular formula is C19H19FN4O2S. The predicted molar refractivity (Wildman–Crippen MR) is 105 cm³/mol. The number of hydrogen-bond acceptors (Lipinski definition) is 5. The first-order valence-electron chi connectivity index (χ1n) is 8.63. The van der Waals surface area contributed by atoms with Crippen LogP contribution in [0.1, 0.15) is 0 Å². The first kappa shape index (κ1) is 17.5. The maximum atomic E-state index is 13.4. The van der Waals surface area contributed by atoms with Gasteiger partial charge in [-0.1, -0.05) is 11.3 Å². The molecule has 1 N–H and O–H groups in total. The Morgan fingerprint density at radius 3 is 2.59 bits per heavy atom. The molecule has 1 aliphatic heterocycles. The normalized spacial score (nSPS) is 14.4. The van der Waals surface area contributed by atoms with E-state index in [1.807, 2.05) is 24.3 Å². The van der Waals surface area contributed by atoms with E-state index in [1.54, 1.807) is 18.1 Å². The summed E-state index contributed by atoms with van der Waals surface area (Å²) < 4.78 is 19.3. The van der Waals surface area contributed by atoms with E-state index < -0.39 is 0 Å².